The molecule has 0 aliphatic heterocycles. The van der Waals surface area contributed by atoms with Gasteiger partial charge in [0.25, 0.3) is 0 Å². The maximum Gasteiger partial charge on any atom is 0.330 e. The first-order valence-electron chi connectivity index (χ1n) is 7.66. The van der Waals surface area contributed by atoms with E-state index in [0.29, 0.717) is 32.7 Å². The summed E-state index contributed by atoms with van der Waals surface area (Å²) < 4.78 is 10.8. The second kappa shape index (κ2) is 7.74. The summed E-state index contributed by atoms with van der Waals surface area (Å²) in [6, 6.07) is 0. The van der Waals surface area contributed by atoms with E-state index in [2.05, 4.69) is 11.9 Å². The molecular weight excluding hydrogens is 286 g/mol. The first kappa shape index (κ1) is 18.6. The molecule has 126 valence electrons. The monoisotopic (exact) mass is 313 g/mol. The molecule has 2 atom stereocenters. The molecule has 0 saturated heterocycles. The van der Waals surface area contributed by atoms with Crippen molar-refractivity contribution in [2.75, 3.05) is 19.8 Å². The summed E-state index contributed by atoms with van der Waals surface area (Å²) in [5.74, 6) is -1.28. The fraction of sp³-hybridized carbons (Fsp3) is 0.750. The molecule has 0 radical (unpaired) electrons. The number of carbonyl (C=O) groups excluding carboxylic acids is 1. The van der Waals surface area contributed by atoms with Crippen LogP contribution in [0.3, 0.4) is 0 Å². The molecule has 6 nitrogen and oxygen atoms in total. The highest BCUT2D eigenvalue weighted by molar-refractivity contribution is 5.89. The zero-order chi connectivity index (χ0) is 16.8. The standard InChI is InChI=1S/C16H27NO5/c1-5-9-21-10-7-8-13(18)17-16(14(19)20)11-12(22-6-2)15(16,3)4/h5,12H,1,6-11H2,2-4H3,(H,17,18)(H,19,20). The fourth-order valence-electron chi connectivity index (χ4n) is 2.84. The van der Waals surface area contributed by atoms with Gasteiger partial charge in [-0.2, -0.15) is 0 Å². The molecule has 1 fully saturated rings. The average Bonchev–Trinajstić information content (AvgIpc) is 2.45. The topological polar surface area (TPSA) is 84.9 Å². The summed E-state index contributed by atoms with van der Waals surface area (Å²) >= 11 is 0. The van der Waals surface area contributed by atoms with Crippen molar-refractivity contribution in [2.24, 2.45) is 5.41 Å². The minimum Gasteiger partial charge on any atom is -0.479 e. The molecule has 6 heteroatoms. The van der Waals surface area contributed by atoms with Gasteiger partial charge >= 0.3 is 5.97 Å². The van der Waals surface area contributed by atoms with E-state index in [4.69, 9.17) is 9.47 Å². The SMILES string of the molecule is C=CCOCCCC(=O)NC1(C(=O)O)CC(OCC)C1(C)C. The molecule has 2 N–H and O–H groups in total. The number of aliphatic carboxylic acids is 1. The number of nitrogens with one attached hydrogen (secondary N) is 1. The molecule has 1 rings (SSSR count). The second-order valence-electron chi connectivity index (χ2n) is 6.10. The third-order valence-corrected chi connectivity index (χ3v) is 4.41. The van der Waals surface area contributed by atoms with Crippen LogP contribution in [0.15, 0.2) is 12.7 Å². The first-order chi connectivity index (χ1) is 10.3. The largest absolute Gasteiger partial charge is 0.479 e. The zero-order valence-corrected chi connectivity index (χ0v) is 13.7. The minimum atomic E-state index is -1.26. The van der Waals surface area contributed by atoms with E-state index < -0.39 is 16.9 Å². The molecular formula is C16H27NO5. The van der Waals surface area contributed by atoms with Gasteiger partial charge in [-0.15, -0.1) is 6.58 Å². The van der Waals surface area contributed by atoms with E-state index in [1.54, 1.807) is 6.08 Å². The van der Waals surface area contributed by atoms with E-state index in [1.807, 2.05) is 20.8 Å². The summed E-state index contributed by atoms with van der Waals surface area (Å²) in [6.07, 6.45) is 2.56. The van der Waals surface area contributed by atoms with Gasteiger partial charge < -0.3 is 19.9 Å². The molecule has 1 aliphatic rings. The van der Waals surface area contributed by atoms with Crippen molar-refractivity contribution >= 4 is 11.9 Å². The molecule has 0 spiro atoms. The summed E-state index contributed by atoms with van der Waals surface area (Å²) in [5, 5.41) is 12.3. The fourth-order valence-corrected chi connectivity index (χ4v) is 2.84. The van der Waals surface area contributed by atoms with Gasteiger partial charge in [-0.25, -0.2) is 4.79 Å². The van der Waals surface area contributed by atoms with Crippen molar-refractivity contribution < 1.29 is 24.2 Å². The van der Waals surface area contributed by atoms with Crippen LogP contribution in [-0.2, 0) is 19.1 Å². The Bertz CT molecular complexity index is 421. The average molecular weight is 313 g/mol. The van der Waals surface area contributed by atoms with Gasteiger partial charge in [0, 0.05) is 31.5 Å². The van der Waals surface area contributed by atoms with Crippen LogP contribution in [0.25, 0.3) is 0 Å². The van der Waals surface area contributed by atoms with Crippen molar-refractivity contribution in [3.8, 4) is 0 Å². The highest BCUT2D eigenvalue weighted by Crippen LogP contribution is 2.51. The minimum absolute atomic E-state index is 0.162. The number of rotatable bonds is 10. The predicted octanol–water partition coefficient (Wildman–Crippen LogP) is 1.74. The van der Waals surface area contributed by atoms with Crippen LogP contribution in [0.2, 0.25) is 0 Å². The second-order valence-corrected chi connectivity index (χ2v) is 6.10. The summed E-state index contributed by atoms with van der Waals surface area (Å²) in [7, 11) is 0. The zero-order valence-electron chi connectivity index (χ0n) is 13.7. The maximum absolute atomic E-state index is 12.0. The molecule has 0 bridgehead atoms. The number of ether oxygens (including phenoxy) is 2. The van der Waals surface area contributed by atoms with Crippen LogP contribution in [0, 0.1) is 5.41 Å². The van der Waals surface area contributed by atoms with Crippen molar-refractivity contribution in [3.05, 3.63) is 12.7 Å². The number of carbonyl (C=O) groups is 2. The number of amides is 1. The van der Waals surface area contributed by atoms with Crippen LogP contribution < -0.4 is 5.32 Å². The maximum atomic E-state index is 12.0. The Balaban J connectivity index is 2.57. The van der Waals surface area contributed by atoms with Crippen molar-refractivity contribution in [3.63, 3.8) is 0 Å². The van der Waals surface area contributed by atoms with Crippen molar-refractivity contribution in [1.29, 1.82) is 0 Å². The molecule has 0 heterocycles. The Kier molecular flexibility index (Phi) is 6.56. The van der Waals surface area contributed by atoms with E-state index in [-0.39, 0.29) is 18.4 Å². The third-order valence-electron chi connectivity index (χ3n) is 4.41. The highest BCUT2D eigenvalue weighted by Gasteiger charge is 2.66. The van der Waals surface area contributed by atoms with Gasteiger partial charge in [-0.1, -0.05) is 19.9 Å². The lowest BCUT2D eigenvalue weighted by Gasteiger charge is -2.58. The number of hydrogen-bond donors (Lipinski definition) is 2. The quantitative estimate of drug-likeness (QED) is 0.474. The van der Waals surface area contributed by atoms with Gasteiger partial charge in [-0.3, -0.25) is 4.79 Å². The first-order valence-corrected chi connectivity index (χ1v) is 7.66. The lowest BCUT2D eigenvalue weighted by atomic mass is 9.54. The summed E-state index contributed by atoms with van der Waals surface area (Å²) in [4.78, 5) is 23.8. The normalized spacial score (nSPS) is 26.0. The number of carboxylic acids is 1. The van der Waals surface area contributed by atoms with Crippen molar-refractivity contribution in [2.45, 2.75) is 51.7 Å². The van der Waals surface area contributed by atoms with Gasteiger partial charge in [-0.05, 0) is 13.3 Å². The molecule has 0 aromatic rings. The highest BCUT2D eigenvalue weighted by atomic mass is 16.5. The van der Waals surface area contributed by atoms with Crippen LogP contribution >= 0.6 is 0 Å². The Morgan fingerprint density at radius 2 is 2.14 bits per heavy atom. The van der Waals surface area contributed by atoms with Crippen molar-refractivity contribution in [1.82, 2.24) is 5.32 Å². The predicted molar refractivity (Wildman–Crippen MR) is 82.6 cm³/mol. The molecule has 0 aromatic heterocycles. The molecule has 22 heavy (non-hydrogen) atoms. The Hall–Kier alpha value is -1.40. The van der Waals surface area contributed by atoms with E-state index >= 15 is 0 Å². The summed E-state index contributed by atoms with van der Waals surface area (Å²) in [5.41, 5.74) is -1.91. The van der Waals surface area contributed by atoms with Gasteiger partial charge in [0.05, 0.1) is 12.7 Å². The molecule has 1 saturated carbocycles. The van der Waals surface area contributed by atoms with E-state index in [9.17, 15) is 14.7 Å². The molecule has 1 amide bonds. The lowest BCUT2D eigenvalue weighted by molar-refractivity contribution is -0.194. The van der Waals surface area contributed by atoms with E-state index in [1.165, 1.54) is 0 Å². The molecule has 1 aliphatic carbocycles. The van der Waals surface area contributed by atoms with Crippen LogP contribution in [0.1, 0.15) is 40.0 Å². The van der Waals surface area contributed by atoms with Gasteiger partial charge in [0.1, 0.15) is 5.54 Å². The van der Waals surface area contributed by atoms with Crippen LogP contribution in [-0.4, -0.2) is 48.4 Å². The van der Waals surface area contributed by atoms with Gasteiger partial charge in [0.2, 0.25) is 5.91 Å². The molecule has 0 aromatic carbocycles. The Morgan fingerprint density at radius 1 is 1.45 bits per heavy atom. The Morgan fingerprint density at radius 3 is 2.64 bits per heavy atom. The van der Waals surface area contributed by atoms with E-state index in [0.717, 1.165) is 0 Å². The Labute approximate surface area is 131 Å². The summed E-state index contributed by atoms with van der Waals surface area (Å²) in [6.45, 7) is 10.5. The smallest absolute Gasteiger partial charge is 0.330 e. The number of carboxylic acid groups (broad SMARTS) is 1. The number of hydrogen-bond acceptors (Lipinski definition) is 4. The van der Waals surface area contributed by atoms with Crippen LogP contribution in [0.4, 0.5) is 0 Å². The molecule has 2 unspecified atom stereocenters. The van der Waals surface area contributed by atoms with Gasteiger partial charge in [0.15, 0.2) is 0 Å². The third kappa shape index (κ3) is 3.67. The van der Waals surface area contributed by atoms with Crippen LogP contribution in [0.5, 0.6) is 0 Å². The lowest BCUT2D eigenvalue weighted by Crippen LogP contribution is -2.76.